The van der Waals surface area contributed by atoms with E-state index in [1.54, 1.807) is 12.1 Å². The number of amides is 1. The molecule has 2 heterocycles. The molecule has 0 fully saturated rings. The molecule has 0 radical (unpaired) electrons. The van der Waals surface area contributed by atoms with E-state index in [2.05, 4.69) is 20.5 Å². The van der Waals surface area contributed by atoms with Crippen molar-refractivity contribution >= 4 is 18.1 Å². The van der Waals surface area contributed by atoms with Gasteiger partial charge in [0.25, 0.3) is 5.91 Å². The molecule has 0 aliphatic rings. The van der Waals surface area contributed by atoms with Crippen LogP contribution in [0.2, 0.25) is 0 Å². The first-order chi connectivity index (χ1) is 11.4. The molecular weight excluding hydrogens is 326 g/mol. The normalized spacial score (nSPS) is 11.1. The Bertz CT molecular complexity index is 734. The Kier molecular flexibility index (Phi) is 6.08. The van der Waals surface area contributed by atoms with Crippen molar-refractivity contribution in [3.05, 3.63) is 34.5 Å². The van der Waals surface area contributed by atoms with Crippen molar-refractivity contribution in [2.75, 3.05) is 6.54 Å². The van der Waals surface area contributed by atoms with Crippen molar-refractivity contribution in [2.24, 2.45) is 0 Å². The van der Waals surface area contributed by atoms with Gasteiger partial charge in [-0.05, 0) is 46.0 Å². The van der Waals surface area contributed by atoms with Crippen LogP contribution in [0.15, 0.2) is 18.3 Å². The van der Waals surface area contributed by atoms with Crippen molar-refractivity contribution < 1.29 is 9.53 Å². The van der Waals surface area contributed by atoms with Gasteiger partial charge in [0.2, 0.25) is 5.88 Å². The second-order valence-corrected chi connectivity index (χ2v) is 6.35. The molecular formula is C16H23N5O2S. The van der Waals surface area contributed by atoms with Gasteiger partial charge in [-0.25, -0.2) is 4.98 Å². The molecule has 8 heteroatoms. The Balaban J connectivity index is 1.91. The first-order valence-electron chi connectivity index (χ1n) is 7.95. The Labute approximate surface area is 146 Å². The Hall–Kier alpha value is -2.22. The van der Waals surface area contributed by atoms with Crippen LogP contribution in [0.5, 0.6) is 5.88 Å². The van der Waals surface area contributed by atoms with E-state index in [1.807, 2.05) is 32.3 Å². The van der Waals surface area contributed by atoms with Crippen molar-refractivity contribution in [2.45, 2.75) is 46.3 Å². The molecule has 0 saturated carbocycles. The van der Waals surface area contributed by atoms with E-state index in [1.165, 1.54) is 6.20 Å². The molecule has 0 atom stereocenters. The topological polar surface area (TPSA) is 84.8 Å². The smallest absolute Gasteiger partial charge is 0.252 e. The van der Waals surface area contributed by atoms with Gasteiger partial charge in [-0.3, -0.25) is 9.89 Å². The van der Waals surface area contributed by atoms with Crippen molar-refractivity contribution in [3.63, 3.8) is 0 Å². The number of carbonyl (C=O) groups is 1. The minimum atomic E-state index is -0.177. The summed E-state index contributed by atoms with van der Waals surface area (Å²) in [5.74, 6) is 1.16. The lowest BCUT2D eigenvalue weighted by molar-refractivity contribution is 0.0953. The molecule has 0 aromatic carbocycles. The molecule has 2 aromatic heterocycles. The van der Waals surface area contributed by atoms with Gasteiger partial charge in [0.1, 0.15) is 5.82 Å². The SMILES string of the molecule is CC(C)Oc1ccc(C(=O)NCCc2n[nH]c(=S)n2C(C)C)cn1. The van der Waals surface area contributed by atoms with E-state index in [-0.39, 0.29) is 18.1 Å². The summed E-state index contributed by atoms with van der Waals surface area (Å²) >= 11 is 5.21. The van der Waals surface area contributed by atoms with Crippen LogP contribution in [0.1, 0.15) is 49.9 Å². The Morgan fingerprint density at radius 1 is 1.38 bits per heavy atom. The summed E-state index contributed by atoms with van der Waals surface area (Å²) in [5.41, 5.74) is 0.494. The van der Waals surface area contributed by atoms with E-state index in [0.29, 0.717) is 29.2 Å². The zero-order valence-electron chi connectivity index (χ0n) is 14.4. The molecule has 130 valence electrons. The van der Waals surface area contributed by atoms with Crippen LogP contribution < -0.4 is 10.1 Å². The van der Waals surface area contributed by atoms with E-state index in [4.69, 9.17) is 17.0 Å². The van der Waals surface area contributed by atoms with E-state index in [0.717, 1.165) is 5.82 Å². The fourth-order valence-corrected chi connectivity index (χ4v) is 2.62. The van der Waals surface area contributed by atoms with E-state index in [9.17, 15) is 4.79 Å². The first kappa shape index (κ1) is 18.1. The fraction of sp³-hybridized carbons (Fsp3) is 0.500. The van der Waals surface area contributed by atoms with Crippen LogP contribution in [0.3, 0.4) is 0 Å². The molecule has 24 heavy (non-hydrogen) atoms. The standard InChI is InChI=1S/C16H23N5O2S/c1-10(2)21-13(19-20-16(21)24)7-8-17-15(22)12-5-6-14(18-9-12)23-11(3)4/h5-6,9-11H,7-8H2,1-4H3,(H,17,22)(H,20,24). The third-order valence-electron chi connectivity index (χ3n) is 3.28. The summed E-state index contributed by atoms with van der Waals surface area (Å²) in [6.07, 6.45) is 2.16. The molecule has 2 N–H and O–H groups in total. The molecule has 0 bridgehead atoms. The van der Waals surface area contributed by atoms with Gasteiger partial charge in [0, 0.05) is 31.3 Å². The molecule has 2 aromatic rings. The van der Waals surface area contributed by atoms with Gasteiger partial charge in [0.05, 0.1) is 11.7 Å². The van der Waals surface area contributed by atoms with Crippen molar-refractivity contribution in [3.8, 4) is 5.88 Å². The maximum Gasteiger partial charge on any atom is 0.252 e. The van der Waals surface area contributed by atoms with Gasteiger partial charge in [0.15, 0.2) is 4.77 Å². The van der Waals surface area contributed by atoms with Crippen molar-refractivity contribution in [1.29, 1.82) is 0 Å². The number of ether oxygens (including phenoxy) is 1. The molecule has 0 aliphatic carbocycles. The number of hydrogen-bond donors (Lipinski definition) is 2. The number of pyridine rings is 1. The number of aromatic nitrogens is 4. The number of aromatic amines is 1. The number of nitrogens with one attached hydrogen (secondary N) is 2. The molecule has 2 rings (SSSR count). The maximum absolute atomic E-state index is 12.1. The molecule has 0 spiro atoms. The highest BCUT2D eigenvalue weighted by Crippen LogP contribution is 2.10. The lowest BCUT2D eigenvalue weighted by Gasteiger charge is -2.11. The van der Waals surface area contributed by atoms with Crippen LogP contribution in [0.4, 0.5) is 0 Å². The summed E-state index contributed by atoms with van der Waals surface area (Å²) in [6.45, 7) is 8.40. The minimum Gasteiger partial charge on any atom is -0.475 e. The molecule has 7 nitrogen and oxygen atoms in total. The predicted molar refractivity (Wildman–Crippen MR) is 93.8 cm³/mol. The third-order valence-corrected chi connectivity index (χ3v) is 3.57. The summed E-state index contributed by atoms with van der Waals surface area (Å²) in [5, 5.41) is 9.86. The number of carbonyl (C=O) groups excluding carboxylic acids is 1. The molecule has 0 aliphatic heterocycles. The quantitative estimate of drug-likeness (QED) is 0.751. The van der Waals surface area contributed by atoms with Gasteiger partial charge >= 0.3 is 0 Å². The largest absolute Gasteiger partial charge is 0.475 e. The second kappa shape index (κ2) is 8.05. The zero-order valence-corrected chi connectivity index (χ0v) is 15.2. The van der Waals surface area contributed by atoms with Crippen LogP contribution in [0.25, 0.3) is 0 Å². The second-order valence-electron chi connectivity index (χ2n) is 5.97. The Morgan fingerprint density at radius 3 is 2.71 bits per heavy atom. The van der Waals surface area contributed by atoms with Crippen LogP contribution >= 0.6 is 12.2 Å². The van der Waals surface area contributed by atoms with Gasteiger partial charge in [-0.1, -0.05) is 0 Å². The van der Waals surface area contributed by atoms with Crippen LogP contribution in [-0.2, 0) is 6.42 Å². The average Bonchev–Trinajstić information content (AvgIpc) is 2.88. The van der Waals surface area contributed by atoms with Crippen LogP contribution in [0, 0.1) is 4.77 Å². The molecule has 0 saturated heterocycles. The van der Waals surface area contributed by atoms with E-state index < -0.39 is 0 Å². The minimum absolute atomic E-state index is 0.0490. The summed E-state index contributed by atoms with van der Waals surface area (Å²) < 4.78 is 8.00. The molecule has 0 unspecified atom stereocenters. The maximum atomic E-state index is 12.1. The highest BCUT2D eigenvalue weighted by atomic mass is 32.1. The average molecular weight is 349 g/mol. The highest BCUT2D eigenvalue weighted by molar-refractivity contribution is 7.71. The fourth-order valence-electron chi connectivity index (χ4n) is 2.26. The number of rotatable bonds is 7. The van der Waals surface area contributed by atoms with Crippen LogP contribution in [-0.4, -0.2) is 38.3 Å². The van der Waals surface area contributed by atoms with E-state index >= 15 is 0 Å². The number of H-pyrrole nitrogens is 1. The highest BCUT2D eigenvalue weighted by Gasteiger charge is 2.11. The number of hydrogen-bond acceptors (Lipinski definition) is 5. The Morgan fingerprint density at radius 2 is 2.12 bits per heavy atom. The van der Waals surface area contributed by atoms with Crippen molar-refractivity contribution in [1.82, 2.24) is 25.1 Å². The summed E-state index contributed by atoms with van der Waals surface area (Å²) in [7, 11) is 0. The monoisotopic (exact) mass is 349 g/mol. The summed E-state index contributed by atoms with van der Waals surface area (Å²) in [4.78, 5) is 16.3. The molecule has 1 amide bonds. The first-order valence-corrected chi connectivity index (χ1v) is 8.36. The lowest BCUT2D eigenvalue weighted by atomic mass is 10.2. The van der Waals surface area contributed by atoms with Gasteiger partial charge in [-0.2, -0.15) is 5.10 Å². The third kappa shape index (κ3) is 4.64. The number of nitrogens with zero attached hydrogens (tertiary/aromatic N) is 3. The summed E-state index contributed by atoms with van der Waals surface area (Å²) in [6, 6.07) is 3.61. The van der Waals surface area contributed by atoms with Gasteiger partial charge in [-0.15, -0.1) is 0 Å². The predicted octanol–water partition coefficient (Wildman–Crippen LogP) is 2.68. The lowest BCUT2D eigenvalue weighted by Crippen LogP contribution is -2.26. The zero-order chi connectivity index (χ0) is 17.7. The van der Waals surface area contributed by atoms with Gasteiger partial charge < -0.3 is 14.6 Å².